The smallest absolute Gasteiger partial charge is 0.160 e. The molecule has 0 saturated heterocycles. The van der Waals surface area contributed by atoms with E-state index in [2.05, 4.69) is 0 Å². The number of thioether (sulfide) groups is 4. The lowest BCUT2D eigenvalue weighted by molar-refractivity contribution is -0.0369. The normalized spacial score (nSPS) is 15.4. The van der Waals surface area contributed by atoms with Crippen LogP contribution in [0.25, 0.3) is 0 Å². The summed E-state index contributed by atoms with van der Waals surface area (Å²) in [6, 6.07) is 0. The fourth-order valence-electron chi connectivity index (χ4n) is 0.692. The van der Waals surface area contributed by atoms with Gasteiger partial charge in [0.2, 0.25) is 0 Å². The van der Waals surface area contributed by atoms with E-state index in [1.165, 1.54) is 0 Å². The summed E-state index contributed by atoms with van der Waals surface area (Å²) >= 11 is -8.16. The molecule has 0 amide bonds. The fraction of sp³-hybridized carbons (Fsp3) is 1.00. The van der Waals surface area contributed by atoms with Gasteiger partial charge in [-0.25, -0.2) is 0 Å². The molecule has 0 N–H and O–H groups in total. The first-order chi connectivity index (χ1) is 8.83. The van der Waals surface area contributed by atoms with Gasteiger partial charge in [0, 0.05) is 0 Å². The molecule has 0 bridgehead atoms. The molecule has 0 aliphatic carbocycles. The standard InChI is InChI=1S/C5F12S4/c6-1(7,8)18-5(19-2(9,10)11,20-3(12,13)14)21-4(15,16)17. The minimum Gasteiger partial charge on any atom is -0.160 e. The van der Waals surface area contributed by atoms with E-state index >= 15 is 0 Å². The van der Waals surface area contributed by atoms with Crippen LogP contribution in [-0.2, 0) is 0 Å². The van der Waals surface area contributed by atoms with Gasteiger partial charge in [0.15, 0.2) is 2.74 Å². The lowest BCUT2D eigenvalue weighted by Crippen LogP contribution is -2.29. The Morgan fingerprint density at radius 1 is 0.333 bits per heavy atom. The second kappa shape index (κ2) is 6.59. The quantitative estimate of drug-likeness (QED) is 0.373. The summed E-state index contributed by atoms with van der Waals surface area (Å²) in [5, 5.41) is 0. The molecule has 0 aromatic rings. The summed E-state index contributed by atoms with van der Waals surface area (Å²) in [4.78, 5) is 0. The van der Waals surface area contributed by atoms with Crippen LogP contribution in [0.2, 0.25) is 0 Å². The number of rotatable bonds is 4. The van der Waals surface area contributed by atoms with E-state index in [4.69, 9.17) is 0 Å². The van der Waals surface area contributed by atoms with Crippen LogP contribution in [0.3, 0.4) is 0 Å². The van der Waals surface area contributed by atoms with Crippen molar-refractivity contribution in [3.05, 3.63) is 0 Å². The molecule has 0 nitrogen and oxygen atoms in total. The number of hydrogen-bond donors (Lipinski definition) is 0. The first-order valence-electron chi connectivity index (χ1n) is 3.90. The topological polar surface area (TPSA) is 0 Å². The van der Waals surface area contributed by atoms with Gasteiger partial charge in [0.25, 0.3) is 0 Å². The summed E-state index contributed by atoms with van der Waals surface area (Å²) in [5.41, 5.74) is -23.0. The van der Waals surface area contributed by atoms with Crippen LogP contribution < -0.4 is 0 Å². The maximum Gasteiger partial charge on any atom is 0.444 e. The molecule has 0 spiro atoms. The predicted octanol–water partition coefficient (Wildman–Crippen LogP) is 6.61. The van der Waals surface area contributed by atoms with Crippen LogP contribution in [0.15, 0.2) is 0 Å². The van der Waals surface area contributed by atoms with Crippen molar-refractivity contribution < 1.29 is 52.7 Å². The Morgan fingerprint density at radius 2 is 0.476 bits per heavy atom. The summed E-state index contributed by atoms with van der Waals surface area (Å²) in [7, 11) is 0. The summed E-state index contributed by atoms with van der Waals surface area (Å²) in [5.74, 6) is 0. The molecule has 0 fully saturated rings. The van der Waals surface area contributed by atoms with E-state index in [1.807, 2.05) is 0 Å². The van der Waals surface area contributed by atoms with Gasteiger partial charge in [0.1, 0.15) is 0 Å². The first kappa shape index (κ1) is 21.6. The van der Waals surface area contributed by atoms with Crippen LogP contribution in [0.5, 0.6) is 0 Å². The van der Waals surface area contributed by atoms with Crippen molar-refractivity contribution in [2.45, 2.75) is 24.8 Å². The summed E-state index contributed by atoms with van der Waals surface area (Å²) < 4.78 is 141. The third-order valence-electron chi connectivity index (χ3n) is 0.963. The Bertz CT molecular complexity index is 266. The van der Waals surface area contributed by atoms with Crippen LogP contribution >= 0.6 is 47.0 Å². The highest BCUT2D eigenvalue weighted by molar-refractivity contribution is 8.48. The van der Waals surface area contributed by atoms with E-state index in [-0.39, 0.29) is 0 Å². The molecule has 0 rings (SSSR count). The molecule has 0 unspecified atom stereocenters. The molecule has 0 aliphatic rings. The highest BCUT2D eigenvalue weighted by Gasteiger charge is 2.61. The number of alkyl halides is 12. The average molecular weight is 416 g/mol. The average Bonchev–Trinajstić information content (AvgIpc) is 1.83. The van der Waals surface area contributed by atoms with Gasteiger partial charge in [-0.05, 0) is 47.0 Å². The highest BCUT2D eigenvalue weighted by atomic mass is 32.3. The third-order valence-corrected chi connectivity index (χ3v) is 5.89. The van der Waals surface area contributed by atoms with Gasteiger partial charge in [-0.2, -0.15) is 52.7 Å². The minimum atomic E-state index is -5.76. The third kappa shape index (κ3) is 11.7. The van der Waals surface area contributed by atoms with E-state index in [0.717, 1.165) is 0 Å². The van der Waals surface area contributed by atoms with Crippen molar-refractivity contribution in [1.29, 1.82) is 0 Å². The van der Waals surface area contributed by atoms with Gasteiger partial charge in [-0.3, -0.25) is 0 Å². The van der Waals surface area contributed by atoms with Gasteiger partial charge in [0.05, 0.1) is 0 Å². The van der Waals surface area contributed by atoms with Crippen molar-refractivity contribution in [3.63, 3.8) is 0 Å². The SMILES string of the molecule is FC(F)(F)SC(SC(F)(F)F)(SC(F)(F)F)SC(F)(F)F. The van der Waals surface area contributed by atoms with Crippen LogP contribution in [0.4, 0.5) is 52.7 Å². The fourth-order valence-corrected chi connectivity index (χ4v) is 6.23. The molecule has 0 atom stereocenters. The monoisotopic (exact) mass is 416 g/mol. The van der Waals surface area contributed by atoms with Crippen molar-refractivity contribution >= 4 is 47.0 Å². The minimum absolute atomic E-state index is 2.04. The van der Waals surface area contributed by atoms with Crippen LogP contribution in [-0.4, -0.2) is 24.8 Å². The maximum atomic E-state index is 12.1. The molecule has 0 saturated carbocycles. The van der Waals surface area contributed by atoms with Crippen molar-refractivity contribution in [3.8, 4) is 0 Å². The van der Waals surface area contributed by atoms with E-state index < -0.39 is 71.8 Å². The van der Waals surface area contributed by atoms with Gasteiger partial charge in [-0.15, -0.1) is 0 Å². The predicted molar refractivity (Wildman–Crippen MR) is 57.3 cm³/mol. The molecule has 0 radical (unpaired) electrons. The molecule has 0 aromatic carbocycles. The largest absolute Gasteiger partial charge is 0.444 e. The maximum absolute atomic E-state index is 12.1. The van der Waals surface area contributed by atoms with E-state index in [9.17, 15) is 52.7 Å². The number of hydrogen-bond acceptors (Lipinski definition) is 4. The van der Waals surface area contributed by atoms with E-state index in [0.29, 0.717) is 0 Å². The molecule has 16 heteroatoms. The van der Waals surface area contributed by atoms with Crippen LogP contribution in [0, 0.1) is 0 Å². The highest BCUT2D eigenvalue weighted by Crippen LogP contribution is 2.69. The molecule has 0 aromatic heterocycles. The Balaban J connectivity index is 5.70. The van der Waals surface area contributed by atoms with Gasteiger partial charge in [-0.1, -0.05) is 0 Å². The van der Waals surface area contributed by atoms with Crippen molar-refractivity contribution in [2.75, 3.05) is 0 Å². The van der Waals surface area contributed by atoms with Crippen LogP contribution in [0.1, 0.15) is 0 Å². The van der Waals surface area contributed by atoms with Crippen molar-refractivity contribution in [1.82, 2.24) is 0 Å². The second-order valence-electron chi connectivity index (χ2n) is 2.69. The van der Waals surface area contributed by atoms with Gasteiger partial charge < -0.3 is 0 Å². The Morgan fingerprint density at radius 3 is 0.571 bits per heavy atom. The van der Waals surface area contributed by atoms with Crippen molar-refractivity contribution in [2.24, 2.45) is 0 Å². The zero-order chi connectivity index (χ0) is 17.3. The summed E-state index contributed by atoms with van der Waals surface area (Å²) in [6.45, 7) is 0. The lowest BCUT2D eigenvalue weighted by atomic mass is 11.5. The Labute approximate surface area is 125 Å². The Kier molecular flexibility index (Phi) is 6.76. The van der Waals surface area contributed by atoms with Gasteiger partial charge >= 0.3 is 22.0 Å². The Hall–Kier alpha value is 0.560. The molecule has 0 heterocycles. The zero-order valence-electron chi connectivity index (χ0n) is 8.67. The molecular weight excluding hydrogens is 416 g/mol. The lowest BCUT2D eigenvalue weighted by Gasteiger charge is -2.32. The summed E-state index contributed by atoms with van der Waals surface area (Å²) in [6.07, 6.45) is 0. The molecule has 21 heavy (non-hydrogen) atoms. The second-order valence-corrected chi connectivity index (χ2v) is 9.36. The number of halogens is 12. The first-order valence-corrected chi connectivity index (χ1v) is 7.17. The molecular formula is C5F12S4. The molecule has 0 aliphatic heterocycles. The van der Waals surface area contributed by atoms with E-state index in [1.54, 1.807) is 0 Å². The zero-order valence-corrected chi connectivity index (χ0v) is 11.9. The molecule has 128 valence electrons.